The third kappa shape index (κ3) is 5.42. The van der Waals surface area contributed by atoms with Crippen LogP contribution in [0.5, 0.6) is 0 Å². The summed E-state index contributed by atoms with van der Waals surface area (Å²) in [5, 5.41) is 0. The number of nitrogens with zero attached hydrogens (tertiary/aromatic N) is 1. The third-order valence-electron chi connectivity index (χ3n) is 2.38. The number of benzene rings is 1. The Kier molecular flexibility index (Phi) is 5.11. The first-order chi connectivity index (χ1) is 8.69. The Hall–Kier alpha value is -1.36. The number of ether oxygens (including phenoxy) is 1. The molecule has 1 unspecified atom stereocenters. The van der Waals surface area contributed by atoms with Gasteiger partial charge in [0.05, 0.1) is 0 Å². The topological polar surface area (TPSA) is 46.6 Å². The minimum absolute atomic E-state index is 0.351. The van der Waals surface area contributed by atoms with E-state index >= 15 is 0 Å². The van der Waals surface area contributed by atoms with E-state index < -0.39 is 16.4 Å². The summed E-state index contributed by atoms with van der Waals surface area (Å²) < 4.78 is 16.5. The fourth-order valence-electron chi connectivity index (χ4n) is 1.46. The second-order valence-electron chi connectivity index (χ2n) is 5.43. The van der Waals surface area contributed by atoms with Gasteiger partial charge in [-0.3, -0.25) is 4.21 Å². The summed E-state index contributed by atoms with van der Waals surface area (Å²) in [5.41, 5.74) is 0.483. The van der Waals surface area contributed by atoms with Gasteiger partial charge in [0.1, 0.15) is 5.60 Å². The van der Waals surface area contributed by atoms with Gasteiger partial charge in [0.15, 0.2) is 0 Å². The van der Waals surface area contributed by atoms with Crippen LogP contribution in [0.3, 0.4) is 0 Å². The van der Waals surface area contributed by atoms with Crippen LogP contribution >= 0.6 is 0 Å². The predicted molar refractivity (Wildman–Crippen MR) is 76.5 cm³/mol. The number of amides is 1. The molecular formula is C14H21NO3S. The lowest BCUT2D eigenvalue weighted by Crippen LogP contribution is -2.33. The second-order valence-corrected chi connectivity index (χ2v) is 6.81. The van der Waals surface area contributed by atoms with E-state index in [2.05, 4.69) is 0 Å². The standard InChI is InChI=1S/C14H21NO3S/c1-14(2,3)18-13(16)15(4)10-11-6-8-12(9-7-11)19(5)17/h6-9H,10H2,1-5H3. The fraction of sp³-hybridized carbons (Fsp3) is 0.500. The summed E-state index contributed by atoms with van der Waals surface area (Å²) in [7, 11) is 0.717. The van der Waals surface area contributed by atoms with Crippen LogP contribution in [0.15, 0.2) is 29.2 Å². The minimum atomic E-state index is -0.977. The van der Waals surface area contributed by atoms with Crippen LogP contribution < -0.4 is 0 Å². The van der Waals surface area contributed by atoms with Gasteiger partial charge < -0.3 is 9.64 Å². The van der Waals surface area contributed by atoms with E-state index in [4.69, 9.17) is 4.74 Å². The lowest BCUT2D eigenvalue weighted by atomic mass is 10.2. The van der Waals surface area contributed by atoms with Crippen LogP contribution in [0, 0.1) is 0 Å². The van der Waals surface area contributed by atoms with Crippen molar-refractivity contribution in [3.05, 3.63) is 29.8 Å². The summed E-state index contributed by atoms with van der Waals surface area (Å²) >= 11 is 0. The van der Waals surface area contributed by atoms with Crippen molar-refractivity contribution >= 4 is 16.9 Å². The Labute approximate surface area is 117 Å². The van der Waals surface area contributed by atoms with Crippen LogP contribution in [-0.4, -0.2) is 34.1 Å². The molecule has 1 aromatic rings. The summed E-state index contributed by atoms with van der Waals surface area (Å²) in [5.74, 6) is 0. The number of carbonyl (C=O) groups excluding carboxylic acids is 1. The summed E-state index contributed by atoms with van der Waals surface area (Å²) in [6.45, 7) is 5.98. The van der Waals surface area contributed by atoms with Crippen molar-refractivity contribution < 1.29 is 13.7 Å². The zero-order valence-corrected chi connectivity index (χ0v) is 12.9. The SMILES string of the molecule is CN(Cc1ccc(S(C)=O)cc1)C(=O)OC(C)(C)C. The van der Waals surface area contributed by atoms with Crippen LogP contribution in [0.1, 0.15) is 26.3 Å². The largest absolute Gasteiger partial charge is 0.444 e. The van der Waals surface area contributed by atoms with Gasteiger partial charge in [0, 0.05) is 35.5 Å². The molecule has 0 saturated heterocycles. The molecule has 0 aliphatic carbocycles. The van der Waals surface area contributed by atoms with Crippen molar-refractivity contribution in [2.24, 2.45) is 0 Å². The van der Waals surface area contributed by atoms with Gasteiger partial charge in [-0.2, -0.15) is 0 Å². The zero-order valence-electron chi connectivity index (χ0n) is 12.1. The second kappa shape index (κ2) is 6.19. The molecule has 0 radical (unpaired) electrons. The molecule has 0 heterocycles. The quantitative estimate of drug-likeness (QED) is 0.857. The van der Waals surface area contributed by atoms with Crippen molar-refractivity contribution in [1.29, 1.82) is 0 Å². The van der Waals surface area contributed by atoms with Crippen molar-refractivity contribution in [1.82, 2.24) is 4.90 Å². The highest BCUT2D eigenvalue weighted by molar-refractivity contribution is 7.84. The maximum atomic E-state index is 11.8. The number of carbonyl (C=O) groups is 1. The molecule has 0 N–H and O–H groups in total. The van der Waals surface area contributed by atoms with E-state index in [1.807, 2.05) is 45.0 Å². The van der Waals surface area contributed by atoms with E-state index in [-0.39, 0.29) is 6.09 Å². The van der Waals surface area contributed by atoms with Gasteiger partial charge in [-0.25, -0.2) is 4.79 Å². The molecule has 1 amide bonds. The molecule has 0 aromatic heterocycles. The van der Waals surface area contributed by atoms with E-state index in [0.717, 1.165) is 10.5 Å². The van der Waals surface area contributed by atoms with Crippen LogP contribution in [0.2, 0.25) is 0 Å². The van der Waals surface area contributed by atoms with Gasteiger partial charge in [-0.05, 0) is 38.5 Å². The predicted octanol–water partition coefficient (Wildman–Crippen LogP) is 2.79. The average Bonchev–Trinajstić information content (AvgIpc) is 2.27. The van der Waals surface area contributed by atoms with Crippen molar-refractivity contribution in [3.63, 3.8) is 0 Å². The molecule has 106 valence electrons. The van der Waals surface area contributed by atoms with E-state index in [1.165, 1.54) is 4.90 Å². The first kappa shape index (κ1) is 15.7. The minimum Gasteiger partial charge on any atom is -0.444 e. The molecule has 1 aromatic carbocycles. The monoisotopic (exact) mass is 283 g/mol. The van der Waals surface area contributed by atoms with Gasteiger partial charge in [0.2, 0.25) is 0 Å². The molecule has 1 atom stereocenters. The van der Waals surface area contributed by atoms with Gasteiger partial charge >= 0.3 is 6.09 Å². The summed E-state index contributed by atoms with van der Waals surface area (Å²) in [4.78, 5) is 14.1. The fourth-order valence-corrected chi connectivity index (χ4v) is 1.98. The lowest BCUT2D eigenvalue weighted by Gasteiger charge is -2.24. The summed E-state index contributed by atoms with van der Waals surface area (Å²) in [6, 6.07) is 7.37. The Balaban J connectivity index is 2.64. The molecular weight excluding hydrogens is 262 g/mol. The first-order valence-electron chi connectivity index (χ1n) is 6.05. The molecule has 0 aliphatic rings. The van der Waals surface area contributed by atoms with Crippen LogP contribution in [-0.2, 0) is 22.1 Å². The zero-order chi connectivity index (χ0) is 14.6. The van der Waals surface area contributed by atoms with Gasteiger partial charge in [-0.15, -0.1) is 0 Å². The molecule has 0 saturated carbocycles. The first-order valence-corrected chi connectivity index (χ1v) is 7.61. The Morgan fingerprint density at radius 1 is 1.26 bits per heavy atom. The highest BCUT2D eigenvalue weighted by Crippen LogP contribution is 2.13. The molecule has 5 heteroatoms. The maximum Gasteiger partial charge on any atom is 0.410 e. The molecule has 0 spiro atoms. The number of rotatable bonds is 3. The van der Waals surface area contributed by atoms with E-state index in [1.54, 1.807) is 13.3 Å². The molecule has 19 heavy (non-hydrogen) atoms. The van der Waals surface area contributed by atoms with Crippen molar-refractivity contribution in [2.75, 3.05) is 13.3 Å². The highest BCUT2D eigenvalue weighted by Gasteiger charge is 2.19. The van der Waals surface area contributed by atoms with Crippen LogP contribution in [0.4, 0.5) is 4.79 Å². The highest BCUT2D eigenvalue weighted by atomic mass is 32.2. The Morgan fingerprint density at radius 2 is 1.79 bits per heavy atom. The van der Waals surface area contributed by atoms with E-state index in [9.17, 15) is 9.00 Å². The third-order valence-corrected chi connectivity index (χ3v) is 3.32. The normalized spacial score (nSPS) is 12.9. The Morgan fingerprint density at radius 3 is 2.21 bits per heavy atom. The summed E-state index contributed by atoms with van der Waals surface area (Å²) in [6.07, 6.45) is 1.29. The molecule has 4 nitrogen and oxygen atoms in total. The van der Waals surface area contributed by atoms with Crippen molar-refractivity contribution in [2.45, 2.75) is 37.8 Å². The molecule has 0 fully saturated rings. The lowest BCUT2D eigenvalue weighted by molar-refractivity contribution is 0.0285. The average molecular weight is 283 g/mol. The van der Waals surface area contributed by atoms with Gasteiger partial charge in [0.25, 0.3) is 0 Å². The number of hydrogen-bond donors (Lipinski definition) is 0. The number of hydrogen-bond acceptors (Lipinski definition) is 3. The molecule has 0 aliphatic heterocycles. The maximum absolute atomic E-state index is 11.8. The van der Waals surface area contributed by atoms with Gasteiger partial charge in [-0.1, -0.05) is 12.1 Å². The molecule has 0 bridgehead atoms. The smallest absolute Gasteiger partial charge is 0.410 e. The van der Waals surface area contributed by atoms with Crippen LogP contribution in [0.25, 0.3) is 0 Å². The van der Waals surface area contributed by atoms with E-state index in [0.29, 0.717) is 6.54 Å². The Bertz CT molecular complexity index is 463. The molecule has 1 rings (SSSR count). The van der Waals surface area contributed by atoms with Crippen molar-refractivity contribution in [3.8, 4) is 0 Å².